The lowest BCUT2D eigenvalue weighted by Crippen LogP contribution is -1.97. The highest BCUT2D eigenvalue weighted by Gasteiger charge is 2.03. The normalized spacial score (nSPS) is 10.2. The summed E-state index contributed by atoms with van der Waals surface area (Å²) in [6.45, 7) is 0.392. The molecule has 0 amide bonds. The summed E-state index contributed by atoms with van der Waals surface area (Å²) in [6, 6.07) is 11.6. The second-order valence-electron chi connectivity index (χ2n) is 3.70. The van der Waals surface area contributed by atoms with Crippen molar-refractivity contribution >= 4 is 15.9 Å². The van der Waals surface area contributed by atoms with Crippen molar-refractivity contribution in [3.63, 3.8) is 0 Å². The maximum absolute atomic E-state index is 12.7. The van der Waals surface area contributed by atoms with Crippen LogP contribution < -0.4 is 9.47 Å². The van der Waals surface area contributed by atoms with Crippen molar-refractivity contribution in [3.05, 3.63) is 58.3 Å². The van der Waals surface area contributed by atoms with Gasteiger partial charge in [0.05, 0.1) is 7.11 Å². The molecule has 2 nitrogen and oxygen atoms in total. The molecular weight excluding hydrogens is 299 g/mol. The van der Waals surface area contributed by atoms with Crippen molar-refractivity contribution in [1.29, 1.82) is 0 Å². The van der Waals surface area contributed by atoms with Crippen LogP contribution in [0.1, 0.15) is 5.56 Å². The van der Waals surface area contributed by atoms with Crippen LogP contribution in [0.2, 0.25) is 0 Å². The molecule has 0 bridgehead atoms. The molecule has 2 aromatic carbocycles. The predicted molar refractivity (Wildman–Crippen MR) is 71.4 cm³/mol. The van der Waals surface area contributed by atoms with Crippen LogP contribution in [-0.4, -0.2) is 7.11 Å². The van der Waals surface area contributed by atoms with Crippen molar-refractivity contribution in [2.75, 3.05) is 7.11 Å². The molecule has 0 spiro atoms. The Kier molecular flexibility index (Phi) is 4.20. The second kappa shape index (κ2) is 5.87. The largest absolute Gasteiger partial charge is 0.497 e. The van der Waals surface area contributed by atoms with Crippen LogP contribution in [-0.2, 0) is 6.61 Å². The van der Waals surface area contributed by atoms with Gasteiger partial charge in [-0.2, -0.15) is 0 Å². The summed E-state index contributed by atoms with van der Waals surface area (Å²) in [5, 5.41) is 0. The standard InChI is InChI=1S/C14H12BrFO2/c1-17-13-6-7-14(15)10(8-13)9-18-12-4-2-11(16)3-5-12/h2-8H,9H2,1H3. The van der Waals surface area contributed by atoms with E-state index in [2.05, 4.69) is 15.9 Å². The van der Waals surface area contributed by atoms with E-state index in [1.807, 2.05) is 18.2 Å². The maximum atomic E-state index is 12.7. The molecule has 0 aliphatic heterocycles. The Labute approximate surface area is 113 Å². The van der Waals surface area contributed by atoms with Gasteiger partial charge in [0.15, 0.2) is 0 Å². The molecule has 4 heteroatoms. The topological polar surface area (TPSA) is 18.5 Å². The number of hydrogen-bond acceptors (Lipinski definition) is 2. The van der Waals surface area contributed by atoms with Gasteiger partial charge in [-0.25, -0.2) is 4.39 Å². The van der Waals surface area contributed by atoms with E-state index >= 15 is 0 Å². The first-order valence-electron chi connectivity index (χ1n) is 5.40. The van der Waals surface area contributed by atoms with Gasteiger partial charge in [0.2, 0.25) is 0 Å². The van der Waals surface area contributed by atoms with E-state index in [0.717, 1.165) is 15.8 Å². The number of hydrogen-bond donors (Lipinski definition) is 0. The molecule has 2 rings (SSSR count). The van der Waals surface area contributed by atoms with Gasteiger partial charge in [-0.05, 0) is 42.5 Å². The third-order valence-electron chi connectivity index (χ3n) is 2.46. The SMILES string of the molecule is COc1ccc(Br)c(COc2ccc(F)cc2)c1. The Morgan fingerprint density at radius 3 is 2.39 bits per heavy atom. The van der Waals surface area contributed by atoms with Gasteiger partial charge in [0, 0.05) is 10.0 Å². The lowest BCUT2D eigenvalue weighted by molar-refractivity contribution is 0.304. The number of methoxy groups -OCH3 is 1. The fraction of sp³-hybridized carbons (Fsp3) is 0.143. The molecule has 0 fully saturated rings. The number of benzene rings is 2. The molecule has 0 aliphatic carbocycles. The van der Waals surface area contributed by atoms with Crippen LogP contribution >= 0.6 is 15.9 Å². The molecule has 0 radical (unpaired) electrons. The summed E-state index contributed by atoms with van der Waals surface area (Å²) >= 11 is 3.45. The number of halogens is 2. The molecular formula is C14H12BrFO2. The minimum absolute atomic E-state index is 0.273. The van der Waals surface area contributed by atoms with Gasteiger partial charge < -0.3 is 9.47 Å². The van der Waals surface area contributed by atoms with E-state index in [9.17, 15) is 4.39 Å². The summed E-state index contributed by atoms with van der Waals surface area (Å²) in [6.07, 6.45) is 0. The first-order valence-corrected chi connectivity index (χ1v) is 6.19. The quantitative estimate of drug-likeness (QED) is 0.843. The molecule has 0 aromatic heterocycles. The van der Waals surface area contributed by atoms with Gasteiger partial charge in [-0.1, -0.05) is 15.9 Å². The zero-order valence-electron chi connectivity index (χ0n) is 9.82. The lowest BCUT2D eigenvalue weighted by Gasteiger charge is -2.09. The van der Waals surface area contributed by atoms with Gasteiger partial charge in [0.25, 0.3) is 0 Å². The molecule has 0 saturated heterocycles. The van der Waals surface area contributed by atoms with Crippen LogP contribution in [0.5, 0.6) is 11.5 Å². The average molecular weight is 311 g/mol. The molecule has 0 unspecified atom stereocenters. The van der Waals surface area contributed by atoms with Crippen molar-refractivity contribution in [2.24, 2.45) is 0 Å². The number of ether oxygens (including phenoxy) is 2. The van der Waals surface area contributed by atoms with Gasteiger partial charge in [-0.15, -0.1) is 0 Å². The molecule has 2 aromatic rings. The third-order valence-corrected chi connectivity index (χ3v) is 3.23. The van der Waals surface area contributed by atoms with Crippen LogP contribution in [0.3, 0.4) is 0 Å². The van der Waals surface area contributed by atoms with Crippen molar-refractivity contribution in [2.45, 2.75) is 6.61 Å². The van der Waals surface area contributed by atoms with Gasteiger partial charge >= 0.3 is 0 Å². The first-order chi connectivity index (χ1) is 8.69. The summed E-state index contributed by atoms with van der Waals surface area (Å²) in [5.74, 6) is 1.13. The fourth-order valence-electron chi connectivity index (χ4n) is 1.48. The van der Waals surface area contributed by atoms with E-state index in [-0.39, 0.29) is 5.82 Å². The summed E-state index contributed by atoms with van der Waals surface area (Å²) in [7, 11) is 1.62. The summed E-state index contributed by atoms with van der Waals surface area (Å²) in [5.41, 5.74) is 0.971. The van der Waals surface area contributed by atoms with Crippen LogP contribution in [0, 0.1) is 5.82 Å². The highest BCUT2D eigenvalue weighted by atomic mass is 79.9. The highest BCUT2D eigenvalue weighted by molar-refractivity contribution is 9.10. The zero-order valence-corrected chi connectivity index (χ0v) is 11.4. The van der Waals surface area contributed by atoms with Crippen molar-refractivity contribution < 1.29 is 13.9 Å². The second-order valence-corrected chi connectivity index (χ2v) is 4.55. The first kappa shape index (κ1) is 12.9. The number of rotatable bonds is 4. The molecule has 0 atom stereocenters. The smallest absolute Gasteiger partial charge is 0.123 e. The van der Waals surface area contributed by atoms with Gasteiger partial charge in [-0.3, -0.25) is 0 Å². The summed E-state index contributed by atoms with van der Waals surface area (Å²) < 4.78 is 24.4. The Morgan fingerprint density at radius 1 is 1.06 bits per heavy atom. The van der Waals surface area contributed by atoms with Gasteiger partial charge in [0.1, 0.15) is 23.9 Å². The van der Waals surface area contributed by atoms with E-state index in [1.54, 1.807) is 19.2 Å². The Bertz CT molecular complexity index is 526. The van der Waals surface area contributed by atoms with Crippen LogP contribution in [0.15, 0.2) is 46.9 Å². The minimum atomic E-state index is -0.273. The molecule has 0 aliphatic rings. The molecule has 94 valence electrons. The molecule has 0 N–H and O–H groups in total. The minimum Gasteiger partial charge on any atom is -0.497 e. The van der Waals surface area contributed by atoms with Crippen LogP contribution in [0.25, 0.3) is 0 Å². The average Bonchev–Trinajstić information content (AvgIpc) is 2.40. The third kappa shape index (κ3) is 3.23. The predicted octanol–water partition coefficient (Wildman–Crippen LogP) is 4.18. The monoisotopic (exact) mass is 310 g/mol. The van der Waals surface area contributed by atoms with E-state index < -0.39 is 0 Å². The lowest BCUT2D eigenvalue weighted by atomic mass is 10.2. The molecule has 0 heterocycles. The zero-order chi connectivity index (χ0) is 13.0. The van der Waals surface area contributed by atoms with E-state index in [1.165, 1.54) is 12.1 Å². The Balaban J connectivity index is 2.07. The molecule has 18 heavy (non-hydrogen) atoms. The Hall–Kier alpha value is -1.55. The fourth-order valence-corrected chi connectivity index (χ4v) is 1.84. The molecule has 0 saturated carbocycles. The van der Waals surface area contributed by atoms with Crippen molar-refractivity contribution in [1.82, 2.24) is 0 Å². The van der Waals surface area contributed by atoms with Crippen LogP contribution in [0.4, 0.5) is 4.39 Å². The van der Waals surface area contributed by atoms with Crippen molar-refractivity contribution in [3.8, 4) is 11.5 Å². The highest BCUT2D eigenvalue weighted by Crippen LogP contribution is 2.24. The van der Waals surface area contributed by atoms with E-state index in [0.29, 0.717) is 12.4 Å². The Morgan fingerprint density at radius 2 is 1.72 bits per heavy atom. The maximum Gasteiger partial charge on any atom is 0.123 e. The summed E-state index contributed by atoms with van der Waals surface area (Å²) in [4.78, 5) is 0. The van der Waals surface area contributed by atoms with E-state index in [4.69, 9.17) is 9.47 Å².